The largest absolute Gasteiger partial charge is 0.340 e. The summed E-state index contributed by atoms with van der Waals surface area (Å²) in [5, 5.41) is 0. The number of hydrogen-bond donors (Lipinski definition) is 0. The maximum Gasteiger partial charge on any atom is 0.219 e. The molecule has 0 aromatic rings. The smallest absolute Gasteiger partial charge is 0.219 e. The van der Waals surface area contributed by atoms with Crippen molar-refractivity contribution in [2.45, 2.75) is 46.6 Å². The van der Waals surface area contributed by atoms with Crippen LogP contribution < -0.4 is 0 Å². The molecule has 0 aromatic heterocycles. The summed E-state index contributed by atoms with van der Waals surface area (Å²) in [6.45, 7) is 9.33. The highest BCUT2D eigenvalue weighted by atomic mass is 16.2. The van der Waals surface area contributed by atoms with Crippen molar-refractivity contribution in [1.82, 2.24) is 4.90 Å². The molecule has 1 rings (SSSR count). The standard InChI is InChI=1S/C11H21NO/c1-8(2)11-6-5-7-12(9(11)3)10(4)13/h8-9,11H,5-7H2,1-4H3. The summed E-state index contributed by atoms with van der Waals surface area (Å²) in [6, 6.07) is 0.436. The number of hydrogen-bond acceptors (Lipinski definition) is 1. The van der Waals surface area contributed by atoms with Crippen LogP contribution in [0.4, 0.5) is 0 Å². The number of carbonyl (C=O) groups excluding carboxylic acids is 1. The topological polar surface area (TPSA) is 20.3 Å². The Morgan fingerprint density at radius 1 is 1.46 bits per heavy atom. The van der Waals surface area contributed by atoms with Crippen molar-refractivity contribution in [1.29, 1.82) is 0 Å². The maximum atomic E-state index is 11.3. The molecule has 0 radical (unpaired) electrons. The third-order valence-electron chi connectivity index (χ3n) is 3.31. The van der Waals surface area contributed by atoms with Crippen LogP contribution in [0.15, 0.2) is 0 Å². The SMILES string of the molecule is CC(=O)N1CCCC(C(C)C)C1C. The summed E-state index contributed by atoms with van der Waals surface area (Å²) < 4.78 is 0. The Morgan fingerprint density at radius 3 is 2.54 bits per heavy atom. The van der Waals surface area contributed by atoms with E-state index in [0.29, 0.717) is 17.9 Å². The second-order valence-electron chi connectivity index (χ2n) is 4.50. The van der Waals surface area contributed by atoms with E-state index in [2.05, 4.69) is 20.8 Å². The molecular formula is C11H21NO. The zero-order valence-electron chi connectivity index (χ0n) is 9.21. The molecule has 1 amide bonds. The molecule has 1 fully saturated rings. The minimum atomic E-state index is 0.234. The summed E-state index contributed by atoms with van der Waals surface area (Å²) in [4.78, 5) is 13.3. The van der Waals surface area contributed by atoms with Gasteiger partial charge in [0.2, 0.25) is 5.91 Å². The van der Waals surface area contributed by atoms with E-state index in [-0.39, 0.29) is 5.91 Å². The van der Waals surface area contributed by atoms with Gasteiger partial charge in [0.25, 0.3) is 0 Å². The Balaban J connectivity index is 2.65. The lowest BCUT2D eigenvalue weighted by atomic mass is 9.82. The molecule has 13 heavy (non-hydrogen) atoms. The Morgan fingerprint density at radius 2 is 2.08 bits per heavy atom. The molecule has 2 heteroatoms. The van der Waals surface area contributed by atoms with Crippen molar-refractivity contribution in [2.24, 2.45) is 11.8 Å². The lowest BCUT2D eigenvalue weighted by Crippen LogP contribution is -2.47. The minimum absolute atomic E-state index is 0.234. The average Bonchev–Trinajstić information content (AvgIpc) is 2.03. The van der Waals surface area contributed by atoms with Crippen LogP contribution in [-0.2, 0) is 4.79 Å². The minimum Gasteiger partial charge on any atom is -0.340 e. The van der Waals surface area contributed by atoms with Crippen LogP contribution in [0.1, 0.15) is 40.5 Å². The van der Waals surface area contributed by atoms with Gasteiger partial charge in [0.1, 0.15) is 0 Å². The molecule has 76 valence electrons. The van der Waals surface area contributed by atoms with Crippen LogP contribution in [0.25, 0.3) is 0 Å². The van der Waals surface area contributed by atoms with Crippen molar-refractivity contribution >= 4 is 5.91 Å². The van der Waals surface area contributed by atoms with Gasteiger partial charge in [0.05, 0.1) is 0 Å². The first-order chi connectivity index (χ1) is 6.04. The lowest BCUT2D eigenvalue weighted by Gasteiger charge is -2.40. The van der Waals surface area contributed by atoms with E-state index in [1.165, 1.54) is 12.8 Å². The zero-order valence-corrected chi connectivity index (χ0v) is 9.21. The zero-order chi connectivity index (χ0) is 10.0. The Labute approximate surface area is 81.3 Å². The van der Waals surface area contributed by atoms with Gasteiger partial charge in [-0.1, -0.05) is 13.8 Å². The highest BCUT2D eigenvalue weighted by molar-refractivity contribution is 5.73. The fraction of sp³-hybridized carbons (Fsp3) is 0.909. The van der Waals surface area contributed by atoms with Crippen LogP contribution >= 0.6 is 0 Å². The van der Waals surface area contributed by atoms with Gasteiger partial charge in [-0.2, -0.15) is 0 Å². The number of likely N-dealkylation sites (tertiary alicyclic amines) is 1. The predicted molar refractivity (Wildman–Crippen MR) is 54.4 cm³/mol. The third-order valence-corrected chi connectivity index (χ3v) is 3.31. The highest BCUT2D eigenvalue weighted by Gasteiger charge is 2.30. The van der Waals surface area contributed by atoms with E-state index in [0.717, 1.165) is 6.54 Å². The molecule has 0 N–H and O–H groups in total. The second kappa shape index (κ2) is 4.12. The molecule has 0 saturated carbocycles. The first-order valence-corrected chi connectivity index (χ1v) is 5.31. The maximum absolute atomic E-state index is 11.3. The normalized spacial score (nSPS) is 29.5. The first kappa shape index (κ1) is 10.6. The number of carbonyl (C=O) groups is 1. The second-order valence-corrected chi connectivity index (χ2v) is 4.50. The summed E-state index contributed by atoms with van der Waals surface area (Å²) in [5.74, 6) is 1.62. The van der Waals surface area contributed by atoms with Gasteiger partial charge in [-0.3, -0.25) is 4.79 Å². The van der Waals surface area contributed by atoms with Crippen LogP contribution in [0.3, 0.4) is 0 Å². The molecule has 0 aromatic carbocycles. The van der Waals surface area contributed by atoms with Gasteiger partial charge >= 0.3 is 0 Å². The molecule has 1 aliphatic heterocycles. The molecule has 1 saturated heterocycles. The van der Waals surface area contributed by atoms with E-state index in [4.69, 9.17) is 0 Å². The van der Waals surface area contributed by atoms with Gasteiger partial charge in [-0.15, -0.1) is 0 Å². The number of amides is 1. The van der Waals surface area contributed by atoms with Crippen molar-refractivity contribution in [2.75, 3.05) is 6.54 Å². The van der Waals surface area contributed by atoms with Gasteiger partial charge in [-0.25, -0.2) is 0 Å². The number of nitrogens with zero attached hydrogens (tertiary/aromatic N) is 1. The number of rotatable bonds is 1. The quantitative estimate of drug-likeness (QED) is 0.611. The van der Waals surface area contributed by atoms with Crippen LogP contribution in [0.5, 0.6) is 0 Å². The third kappa shape index (κ3) is 2.23. The van der Waals surface area contributed by atoms with Crippen molar-refractivity contribution in [3.8, 4) is 0 Å². The number of piperidine rings is 1. The molecule has 2 atom stereocenters. The molecule has 1 aliphatic rings. The molecular weight excluding hydrogens is 162 g/mol. The van der Waals surface area contributed by atoms with E-state index in [1.807, 2.05) is 4.90 Å². The van der Waals surface area contributed by atoms with Gasteiger partial charge in [0.15, 0.2) is 0 Å². The fourth-order valence-electron chi connectivity index (χ4n) is 2.51. The van der Waals surface area contributed by atoms with E-state index in [1.54, 1.807) is 6.92 Å². The van der Waals surface area contributed by atoms with Crippen LogP contribution in [0, 0.1) is 11.8 Å². The molecule has 0 aliphatic carbocycles. The summed E-state index contributed by atoms with van der Waals surface area (Å²) >= 11 is 0. The molecule has 2 unspecified atom stereocenters. The van der Waals surface area contributed by atoms with Crippen molar-refractivity contribution < 1.29 is 4.79 Å². The Bertz CT molecular complexity index is 189. The molecule has 0 bridgehead atoms. The molecule has 2 nitrogen and oxygen atoms in total. The molecule has 0 spiro atoms. The van der Waals surface area contributed by atoms with Gasteiger partial charge in [0, 0.05) is 19.5 Å². The van der Waals surface area contributed by atoms with Crippen molar-refractivity contribution in [3.05, 3.63) is 0 Å². The summed E-state index contributed by atoms with van der Waals surface area (Å²) in [7, 11) is 0. The van der Waals surface area contributed by atoms with E-state index >= 15 is 0 Å². The van der Waals surface area contributed by atoms with E-state index < -0.39 is 0 Å². The van der Waals surface area contributed by atoms with Crippen LogP contribution in [-0.4, -0.2) is 23.4 Å². The highest BCUT2D eigenvalue weighted by Crippen LogP contribution is 2.29. The lowest BCUT2D eigenvalue weighted by molar-refractivity contribution is -0.134. The average molecular weight is 183 g/mol. The van der Waals surface area contributed by atoms with Crippen LogP contribution in [0.2, 0.25) is 0 Å². The van der Waals surface area contributed by atoms with E-state index in [9.17, 15) is 4.79 Å². The Hall–Kier alpha value is -0.530. The summed E-state index contributed by atoms with van der Waals surface area (Å²) in [6.07, 6.45) is 2.45. The monoisotopic (exact) mass is 183 g/mol. The Kier molecular flexibility index (Phi) is 3.34. The summed E-state index contributed by atoms with van der Waals surface area (Å²) in [5.41, 5.74) is 0. The van der Waals surface area contributed by atoms with Crippen molar-refractivity contribution in [3.63, 3.8) is 0 Å². The van der Waals surface area contributed by atoms with Gasteiger partial charge < -0.3 is 4.90 Å². The predicted octanol–water partition coefficient (Wildman–Crippen LogP) is 2.29. The first-order valence-electron chi connectivity index (χ1n) is 5.31. The fourth-order valence-corrected chi connectivity index (χ4v) is 2.51. The van der Waals surface area contributed by atoms with Gasteiger partial charge in [-0.05, 0) is 31.6 Å². The molecule has 1 heterocycles.